The van der Waals surface area contributed by atoms with Crippen LogP contribution in [0, 0.1) is 13.8 Å². The van der Waals surface area contributed by atoms with Gasteiger partial charge in [0, 0.05) is 5.69 Å². The summed E-state index contributed by atoms with van der Waals surface area (Å²) < 4.78 is 0. The van der Waals surface area contributed by atoms with Gasteiger partial charge in [0.1, 0.15) is 5.36 Å². The summed E-state index contributed by atoms with van der Waals surface area (Å²) in [5.74, 6) is -1.68. The molecule has 2 heterocycles. The van der Waals surface area contributed by atoms with Crippen LogP contribution in [0.1, 0.15) is 11.3 Å². The van der Waals surface area contributed by atoms with Gasteiger partial charge in [-0.2, -0.15) is 4.99 Å². The first-order chi connectivity index (χ1) is 6.58. The first-order valence-corrected chi connectivity index (χ1v) is 4.08. The van der Waals surface area contributed by atoms with Crippen LogP contribution in [-0.4, -0.2) is 16.8 Å². The van der Waals surface area contributed by atoms with Gasteiger partial charge in [0.2, 0.25) is 0 Å². The second-order valence-electron chi connectivity index (χ2n) is 3.09. The molecule has 1 aromatic rings. The number of amides is 2. The number of fused-ring (bicyclic) bond motifs is 1. The van der Waals surface area contributed by atoms with E-state index in [-0.39, 0.29) is 5.49 Å². The molecule has 0 radical (unpaired) electrons. The van der Waals surface area contributed by atoms with Gasteiger partial charge in [0.15, 0.2) is 5.49 Å². The minimum atomic E-state index is -0.852. The molecule has 0 fully saturated rings. The molecule has 5 nitrogen and oxygen atoms in total. The number of carbonyl (C=O) groups excluding carboxylic acids is 2. The van der Waals surface area contributed by atoms with Crippen LogP contribution >= 0.6 is 0 Å². The van der Waals surface area contributed by atoms with E-state index >= 15 is 0 Å². The third-order valence-electron chi connectivity index (χ3n) is 1.90. The summed E-state index contributed by atoms with van der Waals surface area (Å²) in [4.78, 5) is 33.1. The molecule has 0 aromatic carbocycles. The normalized spacial score (nSPS) is 14.4. The molecule has 0 N–H and O–H groups in total. The van der Waals surface area contributed by atoms with E-state index in [9.17, 15) is 9.59 Å². The maximum absolute atomic E-state index is 11.0. The van der Waals surface area contributed by atoms with Gasteiger partial charge in [-0.1, -0.05) is 0 Å². The summed E-state index contributed by atoms with van der Waals surface area (Å²) in [7, 11) is 0. The zero-order valence-corrected chi connectivity index (χ0v) is 7.74. The SMILES string of the molecule is Cc1cc(C)c2c(n1)=NC(=O)C(=O)N=2. The third-order valence-corrected chi connectivity index (χ3v) is 1.90. The van der Waals surface area contributed by atoms with Crippen LogP contribution in [-0.2, 0) is 9.59 Å². The molecule has 70 valence electrons. The molecular weight excluding hydrogens is 182 g/mol. The average Bonchev–Trinajstić information content (AvgIpc) is 2.08. The van der Waals surface area contributed by atoms with Gasteiger partial charge >= 0.3 is 11.8 Å². The van der Waals surface area contributed by atoms with Crippen molar-refractivity contribution in [3.8, 4) is 0 Å². The standard InChI is InChI=1S/C9H7N3O2/c1-4-3-5(2)10-7-6(4)11-8(13)9(14)12-7/h3H,1-2H3. The lowest BCUT2D eigenvalue weighted by molar-refractivity contribution is -0.135. The van der Waals surface area contributed by atoms with Crippen molar-refractivity contribution in [3.63, 3.8) is 0 Å². The molecule has 14 heavy (non-hydrogen) atoms. The van der Waals surface area contributed by atoms with Gasteiger partial charge in [-0.15, -0.1) is 0 Å². The van der Waals surface area contributed by atoms with Crippen LogP contribution in [0.5, 0.6) is 0 Å². The van der Waals surface area contributed by atoms with Crippen LogP contribution in [0.25, 0.3) is 0 Å². The van der Waals surface area contributed by atoms with Gasteiger partial charge < -0.3 is 0 Å². The summed E-state index contributed by atoms with van der Waals surface area (Å²) >= 11 is 0. The summed E-state index contributed by atoms with van der Waals surface area (Å²) in [6.07, 6.45) is 0. The molecule has 0 saturated carbocycles. The number of aryl methyl sites for hydroxylation is 2. The van der Waals surface area contributed by atoms with Crippen molar-refractivity contribution >= 4 is 11.8 Å². The van der Waals surface area contributed by atoms with E-state index < -0.39 is 11.8 Å². The molecule has 1 aliphatic heterocycles. The van der Waals surface area contributed by atoms with E-state index in [1.807, 2.05) is 0 Å². The summed E-state index contributed by atoms with van der Waals surface area (Å²) in [6.45, 7) is 3.60. The molecule has 0 aliphatic carbocycles. The highest BCUT2D eigenvalue weighted by atomic mass is 16.2. The average molecular weight is 189 g/mol. The van der Waals surface area contributed by atoms with E-state index in [1.165, 1.54) is 0 Å². The van der Waals surface area contributed by atoms with Gasteiger partial charge in [-0.25, -0.2) is 9.98 Å². The van der Waals surface area contributed by atoms with Gasteiger partial charge in [0.25, 0.3) is 0 Å². The van der Waals surface area contributed by atoms with E-state index in [0.717, 1.165) is 11.3 Å². The number of pyridine rings is 1. The van der Waals surface area contributed by atoms with Crippen LogP contribution in [0.15, 0.2) is 16.1 Å². The Morgan fingerprint density at radius 3 is 2.43 bits per heavy atom. The number of hydrogen-bond donors (Lipinski definition) is 0. The molecule has 2 amide bonds. The van der Waals surface area contributed by atoms with Crippen LogP contribution in [0.3, 0.4) is 0 Å². The quantitative estimate of drug-likeness (QED) is 0.491. The van der Waals surface area contributed by atoms with Crippen molar-refractivity contribution in [2.45, 2.75) is 13.8 Å². The summed E-state index contributed by atoms with van der Waals surface area (Å²) in [6, 6.07) is 1.79. The zero-order valence-electron chi connectivity index (χ0n) is 7.74. The topological polar surface area (TPSA) is 71.8 Å². The van der Waals surface area contributed by atoms with E-state index in [1.54, 1.807) is 19.9 Å². The Hall–Kier alpha value is -1.91. The van der Waals surface area contributed by atoms with Crippen molar-refractivity contribution < 1.29 is 9.59 Å². The van der Waals surface area contributed by atoms with Crippen molar-refractivity contribution in [1.82, 2.24) is 4.98 Å². The molecule has 0 bridgehead atoms. The minimum Gasteiger partial charge on any atom is -0.261 e. The number of carbonyl (C=O) groups is 2. The first kappa shape index (κ1) is 8.68. The molecule has 0 saturated heterocycles. The fourth-order valence-corrected chi connectivity index (χ4v) is 1.32. The summed E-state index contributed by atoms with van der Waals surface area (Å²) in [5.41, 5.74) is 1.80. The van der Waals surface area contributed by atoms with Crippen molar-refractivity contribution in [1.29, 1.82) is 0 Å². The Kier molecular flexibility index (Phi) is 1.73. The second-order valence-corrected chi connectivity index (χ2v) is 3.09. The smallest absolute Gasteiger partial charge is 0.261 e. The van der Waals surface area contributed by atoms with Crippen molar-refractivity contribution in [2.75, 3.05) is 0 Å². The lowest BCUT2D eigenvalue weighted by atomic mass is 10.2. The lowest BCUT2D eigenvalue weighted by Crippen LogP contribution is -2.39. The molecular formula is C9H7N3O2. The Morgan fingerprint density at radius 2 is 1.71 bits per heavy atom. The number of hydrogen-bond acceptors (Lipinski definition) is 3. The number of nitrogens with zero attached hydrogens (tertiary/aromatic N) is 3. The van der Waals surface area contributed by atoms with Crippen molar-refractivity contribution in [2.24, 2.45) is 9.98 Å². The lowest BCUT2D eigenvalue weighted by Gasteiger charge is -2.00. The predicted octanol–water partition coefficient (Wildman–Crippen LogP) is -0.996. The maximum atomic E-state index is 11.0. The van der Waals surface area contributed by atoms with Crippen LogP contribution in [0.4, 0.5) is 0 Å². The highest BCUT2D eigenvalue weighted by molar-refractivity contribution is 6.36. The predicted molar refractivity (Wildman–Crippen MR) is 46.0 cm³/mol. The molecule has 0 unspecified atom stereocenters. The Bertz CT molecular complexity index is 560. The molecule has 0 atom stereocenters. The van der Waals surface area contributed by atoms with E-state index in [0.29, 0.717) is 5.36 Å². The van der Waals surface area contributed by atoms with E-state index in [2.05, 4.69) is 15.0 Å². The molecule has 1 aromatic heterocycles. The highest BCUT2D eigenvalue weighted by Gasteiger charge is 2.16. The first-order valence-electron chi connectivity index (χ1n) is 4.08. The monoisotopic (exact) mass is 189 g/mol. The van der Waals surface area contributed by atoms with Crippen molar-refractivity contribution in [3.05, 3.63) is 28.2 Å². The molecule has 5 heteroatoms. The minimum absolute atomic E-state index is 0.243. The Labute approximate surface area is 79.2 Å². The van der Waals surface area contributed by atoms with Crippen LogP contribution in [0.2, 0.25) is 0 Å². The fourth-order valence-electron chi connectivity index (χ4n) is 1.32. The highest BCUT2D eigenvalue weighted by Crippen LogP contribution is 1.92. The largest absolute Gasteiger partial charge is 0.339 e. The van der Waals surface area contributed by atoms with Gasteiger partial charge in [-0.05, 0) is 25.5 Å². The zero-order chi connectivity index (χ0) is 10.3. The molecule has 2 rings (SSSR count). The Balaban J connectivity index is 2.92. The maximum Gasteiger partial charge on any atom is 0.339 e. The molecule has 0 spiro atoms. The third kappa shape index (κ3) is 1.22. The van der Waals surface area contributed by atoms with E-state index in [4.69, 9.17) is 0 Å². The summed E-state index contributed by atoms with van der Waals surface area (Å²) in [5, 5.41) is 0.403. The van der Waals surface area contributed by atoms with Gasteiger partial charge in [0.05, 0.1) is 0 Å². The second kappa shape index (κ2) is 2.80. The van der Waals surface area contributed by atoms with Gasteiger partial charge in [-0.3, -0.25) is 9.59 Å². The Morgan fingerprint density at radius 1 is 1.07 bits per heavy atom. The number of aromatic nitrogens is 1. The van der Waals surface area contributed by atoms with Crippen LogP contribution < -0.4 is 10.8 Å². The fraction of sp³-hybridized carbons (Fsp3) is 0.222. The molecule has 1 aliphatic rings. The number of rotatable bonds is 0.